The molecule has 1 unspecified atom stereocenters. The first-order valence-electron chi connectivity index (χ1n) is 6.72. The highest BCUT2D eigenvalue weighted by molar-refractivity contribution is 5.85. The van der Waals surface area contributed by atoms with Gasteiger partial charge in [-0.1, -0.05) is 49.4 Å². The maximum Gasteiger partial charge on any atom is 0.0214 e. The lowest BCUT2D eigenvalue weighted by Gasteiger charge is -2.15. The number of rotatable bonds is 6. The van der Waals surface area contributed by atoms with Crippen molar-refractivity contribution in [2.45, 2.75) is 26.4 Å². The van der Waals surface area contributed by atoms with Gasteiger partial charge in [0.05, 0.1) is 0 Å². The molecule has 0 aliphatic heterocycles. The van der Waals surface area contributed by atoms with Crippen LogP contribution in [-0.2, 0) is 6.54 Å². The first-order valence-corrected chi connectivity index (χ1v) is 6.72. The van der Waals surface area contributed by atoms with Gasteiger partial charge in [0.15, 0.2) is 0 Å². The van der Waals surface area contributed by atoms with Gasteiger partial charge in [-0.2, -0.15) is 0 Å². The second kappa shape index (κ2) is 6.53. The van der Waals surface area contributed by atoms with E-state index in [0.29, 0.717) is 6.04 Å². The molecule has 0 saturated heterocycles. The van der Waals surface area contributed by atoms with Crippen molar-refractivity contribution in [3.05, 3.63) is 48.0 Å². The first-order chi connectivity index (χ1) is 8.81. The van der Waals surface area contributed by atoms with E-state index in [2.05, 4.69) is 66.9 Å². The summed E-state index contributed by atoms with van der Waals surface area (Å²) >= 11 is 0. The van der Waals surface area contributed by atoms with Crippen molar-refractivity contribution >= 4 is 10.8 Å². The fourth-order valence-corrected chi connectivity index (χ4v) is 2.16. The van der Waals surface area contributed by atoms with Crippen LogP contribution in [0.2, 0.25) is 0 Å². The van der Waals surface area contributed by atoms with Gasteiger partial charge in [0, 0.05) is 19.1 Å². The molecule has 96 valence electrons. The Bertz CT molecular complexity index is 488. The zero-order valence-corrected chi connectivity index (χ0v) is 11.2. The molecule has 0 aliphatic rings. The van der Waals surface area contributed by atoms with Gasteiger partial charge < -0.3 is 10.6 Å². The predicted molar refractivity (Wildman–Crippen MR) is 78.8 cm³/mol. The normalized spacial score (nSPS) is 12.8. The van der Waals surface area contributed by atoms with E-state index in [1.807, 2.05) is 0 Å². The monoisotopic (exact) mass is 242 g/mol. The molecule has 0 radical (unpaired) electrons. The highest BCUT2D eigenvalue weighted by atomic mass is 15.0. The fraction of sp³-hybridized carbons (Fsp3) is 0.375. The van der Waals surface area contributed by atoms with Crippen LogP contribution < -0.4 is 10.6 Å². The summed E-state index contributed by atoms with van der Waals surface area (Å²) < 4.78 is 0. The average Bonchev–Trinajstić information content (AvgIpc) is 2.42. The number of benzene rings is 2. The molecule has 0 fully saturated rings. The molecule has 0 heterocycles. The van der Waals surface area contributed by atoms with Crippen LogP contribution in [0.15, 0.2) is 42.5 Å². The van der Waals surface area contributed by atoms with E-state index in [0.717, 1.165) is 19.6 Å². The van der Waals surface area contributed by atoms with Crippen molar-refractivity contribution < 1.29 is 0 Å². The molecule has 0 aromatic heterocycles. The van der Waals surface area contributed by atoms with Crippen molar-refractivity contribution in [2.24, 2.45) is 0 Å². The van der Waals surface area contributed by atoms with E-state index in [9.17, 15) is 0 Å². The summed E-state index contributed by atoms with van der Waals surface area (Å²) in [5, 5.41) is 9.59. The van der Waals surface area contributed by atoms with E-state index >= 15 is 0 Å². The third-order valence-corrected chi connectivity index (χ3v) is 3.22. The quantitative estimate of drug-likeness (QED) is 0.814. The Morgan fingerprint density at radius 2 is 1.83 bits per heavy atom. The van der Waals surface area contributed by atoms with Crippen LogP contribution >= 0.6 is 0 Å². The van der Waals surface area contributed by atoms with Gasteiger partial charge >= 0.3 is 0 Å². The standard InChI is InChI=1S/C16H22N2/c1-3-17-11-13(2)18-12-15-9-6-8-14-7-4-5-10-16(14)15/h4-10,13,17-18H,3,11-12H2,1-2H3. The Morgan fingerprint density at radius 3 is 2.67 bits per heavy atom. The van der Waals surface area contributed by atoms with Crippen LogP contribution in [0.1, 0.15) is 19.4 Å². The fourth-order valence-electron chi connectivity index (χ4n) is 2.16. The Labute approximate surface area is 109 Å². The van der Waals surface area contributed by atoms with Gasteiger partial charge in [-0.25, -0.2) is 0 Å². The van der Waals surface area contributed by atoms with Crippen molar-refractivity contribution in [2.75, 3.05) is 13.1 Å². The molecule has 0 spiro atoms. The Hall–Kier alpha value is -1.38. The SMILES string of the molecule is CCNCC(C)NCc1cccc2ccccc12. The molecule has 2 N–H and O–H groups in total. The minimum absolute atomic E-state index is 0.490. The maximum absolute atomic E-state index is 3.56. The number of nitrogens with one attached hydrogen (secondary N) is 2. The van der Waals surface area contributed by atoms with E-state index in [1.165, 1.54) is 16.3 Å². The topological polar surface area (TPSA) is 24.1 Å². The molecule has 2 heteroatoms. The number of likely N-dealkylation sites (N-methyl/N-ethyl adjacent to an activating group) is 1. The van der Waals surface area contributed by atoms with E-state index in [-0.39, 0.29) is 0 Å². The summed E-state index contributed by atoms with van der Waals surface area (Å²) in [6.07, 6.45) is 0. The molecule has 0 saturated carbocycles. The zero-order chi connectivity index (χ0) is 12.8. The molecular weight excluding hydrogens is 220 g/mol. The van der Waals surface area contributed by atoms with Crippen LogP contribution in [0.25, 0.3) is 10.8 Å². The van der Waals surface area contributed by atoms with Gasteiger partial charge in [0.1, 0.15) is 0 Å². The Morgan fingerprint density at radius 1 is 1.06 bits per heavy atom. The molecular formula is C16H22N2. The molecule has 2 aromatic rings. The Kier molecular flexibility index (Phi) is 4.73. The first kappa shape index (κ1) is 13.1. The highest BCUT2D eigenvalue weighted by Crippen LogP contribution is 2.18. The van der Waals surface area contributed by atoms with Crippen LogP contribution in [-0.4, -0.2) is 19.1 Å². The van der Waals surface area contributed by atoms with Crippen molar-refractivity contribution in [3.8, 4) is 0 Å². The lowest BCUT2D eigenvalue weighted by Crippen LogP contribution is -2.35. The highest BCUT2D eigenvalue weighted by Gasteiger charge is 2.03. The molecule has 1 atom stereocenters. The van der Waals surface area contributed by atoms with Crippen molar-refractivity contribution in [1.82, 2.24) is 10.6 Å². The van der Waals surface area contributed by atoms with E-state index < -0.39 is 0 Å². The summed E-state index contributed by atoms with van der Waals surface area (Å²) in [7, 11) is 0. The zero-order valence-electron chi connectivity index (χ0n) is 11.2. The minimum Gasteiger partial charge on any atom is -0.315 e. The molecule has 2 rings (SSSR count). The van der Waals surface area contributed by atoms with E-state index in [1.54, 1.807) is 0 Å². The molecule has 2 aromatic carbocycles. The third kappa shape index (κ3) is 3.31. The Balaban J connectivity index is 2.03. The molecule has 0 aliphatic carbocycles. The minimum atomic E-state index is 0.490. The molecule has 0 bridgehead atoms. The second-order valence-electron chi connectivity index (χ2n) is 4.73. The summed E-state index contributed by atoms with van der Waals surface area (Å²) in [5.41, 5.74) is 1.37. The lowest BCUT2D eigenvalue weighted by molar-refractivity contribution is 0.510. The largest absolute Gasteiger partial charge is 0.315 e. The van der Waals surface area contributed by atoms with Gasteiger partial charge in [0.25, 0.3) is 0 Å². The summed E-state index contributed by atoms with van der Waals surface area (Å²) in [6, 6.07) is 15.6. The molecule has 2 nitrogen and oxygen atoms in total. The van der Waals surface area contributed by atoms with Gasteiger partial charge in [0.2, 0.25) is 0 Å². The lowest BCUT2D eigenvalue weighted by atomic mass is 10.0. The number of hydrogen-bond acceptors (Lipinski definition) is 2. The number of fused-ring (bicyclic) bond motifs is 1. The van der Waals surface area contributed by atoms with Gasteiger partial charge in [-0.3, -0.25) is 0 Å². The summed E-state index contributed by atoms with van der Waals surface area (Å²) in [4.78, 5) is 0. The molecule has 18 heavy (non-hydrogen) atoms. The van der Waals surface area contributed by atoms with Crippen LogP contribution in [0.3, 0.4) is 0 Å². The smallest absolute Gasteiger partial charge is 0.0214 e. The van der Waals surface area contributed by atoms with Gasteiger partial charge in [-0.15, -0.1) is 0 Å². The van der Waals surface area contributed by atoms with Crippen LogP contribution in [0.4, 0.5) is 0 Å². The number of hydrogen-bond donors (Lipinski definition) is 2. The van der Waals surface area contributed by atoms with Crippen molar-refractivity contribution in [3.63, 3.8) is 0 Å². The third-order valence-electron chi connectivity index (χ3n) is 3.22. The average molecular weight is 242 g/mol. The summed E-state index contributed by atoms with van der Waals surface area (Å²) in [5.74, 6) is 0. The van der Waals surface area contributed by atoms with Gasteiger partial charge in [-0.05, 0) is 29.8 Å². The second-order valence-corrected chi connectivity index (χ2v) is 4.73. The summed E-state index contributed by atoms with van der Waals surface area (Å²) in [6.45, 7) is 7.32. The van der Waals surface area contributed by atoms with Crippen molar-refractivity contribution in [1.29, 1.82) is 0 Å². The predicted octanol–water partition coefficient (Wildman–Crippen LogP) is 2.93. The molecule has 0 amide bonds. The maximum atomic E-state index is 3.56. The van der Waals surface area contributed by atoms with Crippen LogP contribution in [0.5, 0.6) is 0 Å². The van der Waals surface area contributed by atoms with Crippen LogP contribution in [0, 0.1) is 0 Å². The van der Waals surface area contributed by atoms with E-state index in [4.69, 9.17) is 0 Å².